The Balaban J connectivity index is 2.87. The highest BCUT2D eigenvalue weighted by Gasteiger charge is 2.30. The minimum Gasteiger partial charge on any atom is -0.757 e. The van der Waals surface area contributed by atoms with Gasteiger partial charge in [-0.2, -0.15) is 13.2 Å². The van der Waals surface area contributed by atoms with Crippen molar-refractivity contribution in [1.29, 1.82) is 0 Å². The molecule has 8 heteroatoms. The van der Waals surface area contributed by atoms with Gasteiger partial charge in [0.2, 0.25) is 0 Å². The van der Waals surface area contributed by atoms with E-state index in [0.29, 0.717) is 12.1 Å². The lowest BCUT2D eigenvalue weighted by atomic mass is 10.2. The predicted molar refractivity (Wildman–Crippen MR) is 45.5 cm³/mol. The van der Waals surface area contributed by atoms with Gasteiger partial charge in [0.15, 0.2) is 0 Å². The lowest BCUT2D eigenvalue weighted by Crippen LogP contribution is -2.05. The van der Waals surface area contributed by atoms with Crippen LogP contribution in [0.4, 0.5) is 13.2 Å². The van der Waals surface area contributed by atoms with Crippen molar-refractivity contribution in [2.75, 3.05) is 0 Å². The Hall–Kier alpha value is -0.710. The molecule has 1 aromatic rings. The summed E-state index contributed by atoms with van der Waals surface area (Å²) in [5.74, 6) is -0.267. The molecule has 0 N–H and O–H groups in total. The zero-order chi connectivity index (χ0) is 11.7. The highest BCUT2D eigenvalue weighted by Crippen LogP contribution is 2.43. The summed E-state index contributed by atoms with van der Waals surface area (Å²) in [6.07, 6.45) is -4.47. The van der Waals surface area contributed by atoms with Crippen molar-refractivity contribution in [2.24, 2.45) is 0 Å². The van der Waals surface area contributed by atoms with Gasteiger partial charge < -0.3 is 9.42 Å². The fraction of sp³-hybridized carbons (Fsp3) is 0.143. The molecule has 0 heterocycles. The van der Waals surface area contributed by atoms with Gasteiger partial charge in [0.25, 0.3) is 6.95 Å². The standard InChI is InChI=1S/C7H5ClF3O3P/c8-15(12,13)14-6-3-1-5(2-4-6)7(9,10)11/h1-4H,(H,12,13)/p-1. The molecule has 0 fully saturated rings. The van der Waals surface area contributed by atoms with Gasteiger partial charge in [0.1, 0.15) is 5.75 Å². The van der Waals surface area contributed by atoms with Gasteiger partial charge in [-0.15, -0.1) is 0 Å². The SMILES string of the molecule is O=P([O-])(Cl)Oc1ccc(C(F)(F)F)cc1. The van der Waals surface area contributed by atoms with Gasteiger partial charge in [-0.1, -0.05) is 0 Å². The number of alkyl halides is 3. The molecular formula is C7H4ClF3O3P-. The Morgan fingerprint density at radius 1 is 1.27 bits per heavy atom. The fourth-order valence-corrected chi connectivity index (χ4v) is 1.44. The van der Waals surface area contributed by atoms with E-state index in [2.05, 4.69) is 4.52 Å². The third kappa shape index (κ3) is 4.11. The number of hydrogen-bond acceptors (Lipinski definition) is 3. The summed E-state index contributed by atoms with van der Waals surface area (Å²) >= 11 is 4.75. The lowest BCUT2D eigenvalue weighted by molar-refractivity contribution is -0.183. The Morgan fingerprint density at radius 2 is 1.73 bits per heavy atom. The molecule has 0 amide bonds. The average Bonchev–Trinajstić information content (AvgIpc) is 2.00. The first-order valence-corrected chi connectivity index (χ1v) is 6.01. The number of rotatable bonds is 2. The Bertz CT molecular complexity index is 383. The second-order valence-corrected chi connectivity index (χ2v) is 4.83. The Morgan fingerprint density at radius 3 is 2.07 bits per heavy atom. The summed E-state index contributed by atoms with van der Waals surface area (Å²) in [5.41, 5.74) is -0.898. The smallest absolute Gasteiger partial charge is 0.416 e. The van der Waals surface area contributed by atoms with Crippen molar-refractivity contribution in [3.8, 4) is 5.75 Å². The molecule has 0 radical (unpaired) electrons. The van der Waals surface area contributed by atoms with Gasteiger partial charge in [-0.05, 0) is 35.5 Å². The molecular weight excluding hydrogens is 255 g/mol. The maximum Gasteiger partial charge on any atom is 0.416 e. The summed E-state index contributed by atoms with van der Waals surface area (Å²) in [6.45, 7) is -4.50. The molecule has 1 aromatic carbocycles. The van der Waals surface area contributed by atoms with Crippen LogP contribution in [0.15, 0.2) is 24.3 Å². The molecule has 0 aliphatic carbocycles. The quantitative estimate of drug-likeness (QED) is 0.767. The minimum absolute atomic E-state index is 0.267. The average molecular weight is 260 g/mol. The summed E-state index contributed by atoms with van der Waals surface area (Å²) in [4.78, 5) is 10.4. The predicted octanol–water partition coefficient (Wildman–Crippen LogP) is 2.79. The van der Waals surface area contributed by atoms with Crippen LogP contribution in [0.25, 0.3) is 0 Å². The molecule has 1 unspecified atom stereocenters. The largest absolute Gasteiger partial charge is 0.757 e. The van der Waals surface area contributed by atoms with E-state index < -0.39 is 18.7 Å². The van der Waals surface area contributed by atoms with E-state index in [4.69, 9.17) is 11.2 Å². The molecule has 1 rings (SSSR count). The van der Waals surface area contributed by atoms with Gasteiger partial charge >= 0.3 is 6.18 Å². The molecule has 3 nitrogen and oxygen atoms in total. The first-order valence-electron chi connectivity index (χ1n) is 3.56. The van der Waals surface area contributed by atoms with Crippen LogP contribution in [0.1, 0.15) is 5.56 Å². The third-order valence-electron chi connectivity index (χ3n) is 1.40. The summed E-state index contributed by atoms with van der Waals surface area (Å²) in [6, 6.07) is 3.13. The normalized spacial score (nSPS) is 15.8. The number of halogens is 4. The Labute approximate surface area is 87.8 Å². The third-order valence-corrected chi connectivity index (χ3v) is 2.03. The monoisotopic (exact) mass is 259 g/mol. The minimum atomic E-state index is -4.50. The van der Waals surface area contributed by atoms with E-state index in [9.17, 15) is 22.6 Å². The maximum absolute atomic E-state index is 12.1. The van der Waals surface area contributed by atoms with E-state index >= 15 is 0 Å². The summed E-state index contributed by atoms with van der Waals surface area (Å²) in [5, 5.41) is 0. The van der Waals surface area contributed by atoms with Crippen molar-refractivity contribution in [2.45, 2.75) is 6.18 Å². The van der Waals surface area contributed by atoms with Crippen molar-refractivity contribution in [3.05, 3.63) is 29.8 Å². The van der Waals surface area contributed by atoms with Gasteiger partial charge in [-0.3, -0.25) is 4.57 Å². The zero-order valence-corrected chi connectivity index (χ0v) is 8.64. The van der Waals surface area contributed by atoms with Crippen molar-refractivity contribution in [1.82, 2.24) is 0 Å². The molecule has 0 aliphatic rings. The number of benzene rings is 1. The van der Waals surface area contributed by atoms with Crippen LogP contribution in [0.5, 0.6) is 5.75 Å². The molecule has 0 saturated heterocycles. The topological polar surface area (TPSA) is 49.4 Å². The van der Waals surface area contributed by atoms with E-state index in [-0.39, 0.29) is 5.75 Å². The lowest BCUT2D eigenvalue weighted by Gasteiger charge is -2.16. The van der Waals surface area contributed by atoms with Crippen LogP contribution in [0.3, 0.4) is 0 Å². The van der Waals surface area contributed by atoms with Crippen molar-refractivity contribution in [3.63, 3.8) is 0 Å². The molecule has 0 bridgehead atoms. The van der Waals surface area contributed by atoms with Gasteiger partial charge in [-0.25, -0.2) is 0 Å². The highest BCUT2D eigenvalue weighted by atomic mass is 35.7. The summed E-state index contributed by atoms with van der Waals surface area (Å²) < 4.78 is 50.8. The summed E-state index contributed by atoms with van der Waals surface area (Å²) in [7, 11) is 0. The molecule has 0 aliphatic heterocycles. The Kier molecular flexibility index (Phi) is 3.33. The number of hydrogen-bond donors (Lipinski definition) is 0. The van der Waals surface area contributed by atoms with Crippen LogP contribution in [0, 0.1) is 0 Å². The van der Waals surface area contributed by atoms with Crippen LogP contribution >= 0.6 is 18.2 Å². The van der Waals surface area contributed by atoms with Crippen LogP contribution in [-0.4, -0.2) is 0 Å². The second kappa shape index (κ2) is 4.04. The molecule has 1 atom stereocenters. The zero-order valence-electron chi connectivity index (χ0n) is 6.99. The van der Waals surface area contributed by atoms with E-state index in [1.807, 2.05) is 0 Å². The van der Waals surface area contributed by atoms with Gasteiger partial charge in [0.05, 0.1) is 5.56 Å². The maximum atomic E-state index is 12.1. The molecule has 0 aromatic heterocycles. The first-order chi connectivity index (χ1) is 6.68. The fourth-order valence-electron chi connectivity index (χ4n) is 0.831. The van der Waals surface area contributed by atoms with E-state index in [0.717, 1.165) is 12.1 Å². The van der Waals surface area contributed by atoms with Crippen molar-refractivity contribution >= 4 is 18.2 Å². The van der Waals surface area contributed by atoms with E-state index in [1.54, 1.807) is 0 Å². The van der Waals surface area contributed by atoms with Crippen LogP contribution < -0.4 is 9.42 Å². The molecule has 84 valence electrons. The molecule has 0 spiro atoms. The molecule has 0 saturated carbocycles. The molecule has 15 heavy (non-hydrogen) atoms. The first kappa shape index (κ1) is 12.4. The van der Waals surface area contributed by atoms with Crippen LogP contribution in [0.2, 0.25) is 0 Å². The second-order valence-electron chi connectivity index (χ2n) is 2.54. The van der Waals surface area contributed by atoms with Crippen molar-refractivity contribution < 1.29 is 27.2 Å². The van der Waals surface area contributed by atoms with Gasteiger partial charge in [0, 0.05) is 0 Å². The van der Waals surface area contributed by atoms with Crippen LogP contribution in [-0.2, 0) is 10.7 Å². The van der Waals surface area contributed by atoms with E-state index in [1.165, 1.54) is 0 Å². The highest BCUT2D eigenvalue weighted by molar-refractivity contribution is 7.79.